The molecule has 0 aliphatic heterocycles. The molecular formula is C13H15NO3. The zero-order valence-electron chi connectivity index (χ0n) is 9.86. The first-order valence-electron chi connectivity index (χ1n) is 5.53. The van der Waals surface area contributed by atoms with Crippen LogP contribution in [0.25, 0.3) is 10.9 Å². The van der Waals surface area contributed by atoms with Crippen molar-refractivity contribution in [2.75, 3.05) is 0 Å². The van der Waals surface area contributed by atoms with Gasteiger partial charge in [0, 0.05) is 22.7 Å². The van der Waals surface area contributed by atoms with Crippen LogP contribution in [0.3, 0.4) is 0 Å². The fraction of sp³-hybridized carbons (Fsp3) is 0.308. The fourth-order valence-corrected chi connectivity index (χ4v) is 1.70. The fourth-order valence-electron chi connectivity index (χ4n) is 1.70. The second-order valence-electron chi connectivity index (χ2n) is 4.24. The van der Waals surface area contributed by atoms with E-state index >= 15 is 0 Å². The van der Waals surface area contributed by atoms with E-state index in [1.165, 1.54) is 0 Å². The Kier molecular flexibility index (Phi) is 3.15. The molecule has 2 N–H and O–H groups in total. The molecule has 0 atom stereocenters. The molecule has 0 spiro atoms. The average molecular weight is 233 g/mol. The molecular weight excluding hydrogens is 218 g/mol. The monoisotopic (exact) mass is 233 g/mol. The molecule has 2 aromatic rings. The number of fused-ring (bicyclic) bond motifs is 1. The summed E-state index contributed by atoms with van der Waals surface area (Å²) in [5.74, 6) is -0.915. The number of aromatic amines is 1. The van der Waals surface area contributed by atoms with E-state index in [4.69, 9.17) is 9.84 Å². The number of nitrogens with one attached hydrogen (secondary N) is 1. The summed E-state index contributed by atoms with van der Waals surface area (Å²) in [6.45, 7) is 4.50. The molecule has 0 aliphatic carbocycles. The highest BCUT2D eigenvalue weighted by Crippen LogP contribution is 2.20. The number of ether oxygens (including phenoxy) is 1. The molecule has 0 radical (unpaired) electrons. The van der Waals surface area contributed by atoms with Gasteiger partial charge in [-0.2, -0.15) is 0 Å². The van der Waals surface area contributed by atoms with Crippen molar-refractivity contribution in [3.8, 4) is 0 Å². The lowest BCUT2D eigenvalue weighted by Gasteiger charge is -2.06. The van der Waals surface area contributed by atoms with Crippen LogP contribution in [0, 0.1) is 0 Å². The van der Waals surface area contributed by atoms with Crippen molar-refractivity contribution < 1.29 is 14.6 Å². The number of H-pyrrole nitrogens is 1. The topological polar surface area (TPSA) is 62.3 Å². The van der Waals surface area contributed by atoms with Gasteiger partial charge in [0.15, 0.2) is 0 Å². The number of hydrogen-bond donors (Lipinski definition) is 2. The molecule has 0 amide bonds. The van der Waals surface area contributed by atoms with Crippen LogP contribution in [0.5, 0.6) is 0 Å². The van der Waals surface area contributed by atoms with Gasteiger partial charge < -0.3 is 14.8 Å². The van der Waals surface area contributed by atoms with E-state index in [9.17, 15) is 4.79 Å². The predicted molar refractivity (Wildman–Crippen MR) is 65.2 cm³/mol. The van der Waals surface area contributed by atoms with Gasteiger partial charge in [0.2, 0.25) is 0 Å². The van der Waals surface area contributed by atoms with Crippen molar-refractivity contribution in [3.63, 3.8) is 0 Å². The summed E-state index contributed by atoms with van der Waals surface area (Å²) in [6.07, 6.45) is 2.04. The van der Waals surface area contributed by atoms with E-state index in [1.807, 2.05) is 26.1 Å². The molecule has 0 saturated heterocycles. The summed E-state index contributed by atoms with van der Waals surface area (Å²) >= 11 is 0. The number of aromatic nitrogens is 1. The van der Waals surface area contributed by atoms with Crippen molar-refractivity contribution in [1.82, 2.24) is 4.98 Å². The summed E-state index contributed by atoms with van der Waals surface area (Å²) in [7, 11) is 0. The summed E-state index contributed by atoms with van der Waals surface area (Å²) < 4.78 is 5.54. The van der Waals surface area contributed by atoms with Gasteiger partial charge in [0.05, 0.1) is 18.3 Å². The maximum Gasteiger partial charge on any atom is 0.335 e. The molecule has 0 aliphatic rings. The number of carbonyl (C=O) groups is 1. The Morgan fingerprint density at radius 2 is 2.24 bits per heavy atom. The number of carboxylic acid groups (broad SMARTS) is 1. The minimum absolute atomic E-state index is 0.179. The van der Waals surface area contributed by atoms with Crippen LogP contribution in [-0.4, -0.2) is 22.2 Å². The Bertz CT molecular complexity index is 543. The molecule has 1 aromatic heterocycles. The Labute approximate surface area is 99.2 Å². The van der Waals surface area contributed by atoms with Crippen LogP contribution in [0.15, 0.2) is 24.4 Å². The first-order valence-corrected chi connectivity index (χ1v) is 5.53. The number of rotatable bonds is 4. The van der Waals surface area contributed by atoms with E-state index in [1.54, 1.807) is 12.1 Å². The quantitative estimate of drug-likeness (QED) is 0.853. The van der Waals surface area contributed by atoms with E-state index in [-0.39, 0.29) is 11.7 Å². The normalized spacial score (nSPS) is 11.2. The third-order valence-corrected chi connectivity index (χ3v) is 2.59. The minimum Gasteiger partial charge on any atom is -0.478 e. The Hall–Kier alpha value is -1.81. The number of aromatic carboxylic acids is 1. The number of hydrogen-bond acceptors (Lipinski definition) is 2. The van der Waals surface area contributed by atoms with Crippen LogP contribution >= 0.6 is 0 Å². The van der Waals surface area contributed by atoms with E-state index < -0.39 is 5.97 Å². The van der Waals surface area contributed by atoms with Crippen LogP contribution < -0.4 is 0 Å². The van der Waals surface area contributed by atoms with E-state index in [0.29, 0.717) is 6.61 Å². The molecule has 0 saturated carbocycles. The third kappa shape index (κ3) is 2.47. The predicted octanol–water partition coefficient (Wildman–Crippen LogP) is 2.79. The lowest BCUT2D eigenvalue weighted by atomic mass is 10.1. The molecule has 2 rings (SSSR count). The third-order valence-electron chi connectivity index (χ3n) is 2.59. The van der Waals surface area contributed by atoms with E-state index in [0.717, 1.165) is 16.5 Å². The number of carboxylic acids is 1. The van der Waals surface area contributed by atoms with Gasteiger partial charge in [0.1, 0.15) is 0 Å². The highest BCUT2D eigenvalue weighted by Gasteiger charge is 2.08. The van der Waals surface area contributed by atoms with Crippen molar-refractivity contribution in [2.24, 2.45) is 0 Å². The van der Waals surface area contributed by atoms with Crippen molar-refractivity contribution in [3.05, 3.63) is 35.5 Å². The summed E-state index contributed by atoms with van der Waals surface area (Å²) in [5.41, 5.74) is 2.16. The highest BCUT2D eigenvalue weighted by atomic mass is 16.5. The summed E-state index contributed by atoms with van der Waals surface area (Å²) in [4.78, 5) is 13.9. The van der Waals surface area contributed by atoms with Crippen LogP contribution in [0.2, 0.25) is 0 Å². The molecule has 0 bridgehead atoms. The van der Waals surface area contributed by atoms with Gasteiger partial charge in [-0.15, -0.1) is 0 Å². The average Bonchev–Trinajstić information content (AvgIpc) is 2.68. The standard InChI is InChI=1S/C13H15NO3/c1-8(2)17-7-10-6-14-12-5-9(13(15)16)3-4-11(10)12/h3-6,8,14H,7H2,1-2H3,(H,15,16). The van der Waals surface area contributed by atoms with Gasteiger partial charge in [-0.25, -0.2) is 4.79 Å². The van der Waals surface area contributed by atoms with Crippen LogP contribution in [0.4, 0.5) is 0 Å². The van der Waals surface area contributed by atoms with Crippen molar-refractivity contribution >= 4 is 16.9 Å². The first kappa shape index (κ1) is 11.7. The smallest absolute Gasteiger partial charge is 0.335 e. The Balaban J connectivity index is 2.31. The van der Waals surface area contributed by atoms with Crippen LogP contribution in [0.1, 0.15) is 29.8 Å². The van der Waals surface area contributed by atoms with Crippen molar-refractivity contribution in [2.45, 2.75) is 26.6 Å². The molecule has 4 heteroatoms. The van der Waals surface area contributed by atoms with Crippen molar-refractivity contribution in [1.29, 1.82) is 0 Å². The molecule has 1 heterocycles. The lowest BCUT2D eigenvalue weighted by Crippen LogP contribution is -2.01. The molecule has 4 nitrogen and oxygen atoms in total. The molecule has 0 fully saturated rings. The molecule has 90 valence electrons. The zero-order valence-corrected chi connectivity index (χ0v) is 9.86. The van der Waals surface area contributed by atoms with Gasteiger partial charge in [-0.3, -0.25) is 0 Å². The molecule has 0 unspecified atom stereocenters. The largest absolute Gasteiger partial charge is 0.478 e. The SMILES string of the molecule is CC(C)OCc1c[nH]c2cc(C(=O)O)ccc12. The van der Waals surface area contributed by atoms with Gasteiger partial charge in [-0.05, 0) is 26.0 Å². The highest BCUT2D eigenvalue weighted by molar-refractivity contribution is 5.94. The Morgan fingerprint density at radius 3 is 2.88 bits per heavy atom. The second kappa shape index (κ2) is 4.59. The zero-order chi connectivity index (χ0) is 12.4. The first-order chi connectivity index (χ1) is 8.08. The summed E-state index contributed by atoms with van der Waals surface area (Å²) in [5, 5.41) is 9.90. The van der Waals surface area contributed by atoms with Gasteiger partial charge in [0.25, 0.3) is 0 Å². The number of benzene rings is 1. The molecule has 1 aromatic carbocycles. The maximum atomic E-state index is 10.8. The maximum absolute atomic E-state index is 10.8. The van der Waals surface area contributed by atoms with E-state index in [2.05, 4.69) is 4.98 Å². The summed E-state index contributed by atoms with van der Waals surface area (Å²) in [6, 6.07) is 5.06. The van der Waals surface area contributed by atoms with Gasteiger partial charge >= 0.3 is 5.97 Å². The lowest BCUT2D eigenvalue weighted by molar-refractivity contribution is 0.0664. The van der Waals surface area contributed by atoms with Crippen LogP contribution in [-0.2, 0) is 11.3 Å². The second-order valence-corrected chi connectivity index (χ2v) is 4.24. The molecule has 17 heavy (non-hydrogen) atoms. The minimum atomic E-state index is -0.915. The Morgan fingerprint density at radius 1 is 1.47 bits per heavy atom. The van der Waals surface area contributed by atoms with Gasteiger partial charge in [-0.1, -0.05) is 6.07 Å².